The van der Waals surface area contributed by atoms with Gasteiger partial charge in [-0.25, -0.2) is 0 Å². The van der Waals surface area contributed by atoms with Crippen molar-refractivity contribution in [2.45, 2.75) is 67.4 Å². The van der Waals surface area contributed by atoms with E-state index >= 15 is 0 Å². The molecule has 0 bridgehead atoms. The summed E-state index contributed by atoms with van der Waals surface area (Å²) >= 11 is 0. The van der Waals surface area contributed by atoms with E-state index in [0.29, 0.717) is 0 Å². The molecule has 0 aromatic rings. The van der Waals surface area contributed by atoms with Gasteiger partial charge in [0.25, 0.3) is 0 Å². The van der Waals surface area contributed by atoms with Gasteiger partial charge in [0.15, 0.2) is 0 Å². The number of aliphatic hydroxyl groups is 2. The fourth-order valence-corrected chi connectivity index (χ4v) is 3.74. The lowest BCUT2D eigenvalue weighted by molar-refractivity contribution is 0.116. The zero-order valence-corrected chi connectivity index (χ0v) is 21.0. The molecule has 1 unspecified atom stereocenters. The Bertz CT molecular complexity index is 893. The highest BCUT2D eigenvalue weighted by Gasteiger charge is 2.31. The van der Waals surface area contributed by atoms with Crippen LogP contribution < -0.4 is 0 Å². The fourth-order valence-electron chi connectivity index (χ4n) is 3.74. The van der Waals surface area contributed by atoms with Crippen LogP contribution in [0.2, 0.25) is 0 Å². The maximum atomic E-state index is 10.0. The van der Waals surface area contributed by atoms with Gasteiger partial charge in [-0.3, -0.25) is 0 Å². The molecule has 0 amide bonds. The number of rotatable bonds is 9. The highest BCUT2D eigenvalue weighted by molar-refractivity contribution is 5.38. The van der Waals surface area contributed by atoms with Crippen LogP contribution in [0, 0.1) is 5.41 Å². The molecule has 1 atom stereocenters. The first-order valence-corrected chi connectivity index (χ1v) is 11.4. The van der Waals surface area contributed by atoms with E-state index in [4.69, 9.17) is 5.11 Å². The minimum Gasteiger partial charge on any atom is -0.393 e. The van der Waals surface area contributed by atoms with Gasteiger partial charge in [-0.1, -0.05) is 109 Å². The Morgan fingerprint density at radius 2 is 1.34 bits per heavy atom. The van der Waals surface area contributed by atoms with Gasteiger partial charge in [-0.05, 0) is 64.0 Å². The second-order valence-electron chi connectivity index (χ2n) is 9.48. The molecule has 1 aliphatic rings. The largest absolute Gasteiger partial charge is 0.393 e. The summed E-state index contributed by atoms with van der Waals surface area (Å²) in [5, 5.41) is 19.0. The van der Waals surface area contributed by atoms with E-state index in [2.05, 4.69) is 84.1 Å². The molecular weight excluding hydrogens is 392 g/mol. The van der Waals surface area contributed by atoms with Gasteiger partial charge >= 0.3 is 0 Å². The van der Waals surface area contributed by atoms with Crippen LogP contribution in [0.15, 0.2) is 106 Å². The molecule has 1 aliphatic carbocycles. The Labute approximate surface area is 196 Å². The van der Waals surface area contributed by atoms with Crippen LogP contribution >= 0.6 is 0 Å². The Balaban J connectivity index is 2.67. The van der Waals surface area contributed by atoms with Crippen LogP contribution in [-0.4, -0.2) is 22.9 Å². The molecule has 32 heavy (non-hydrogen) atoms. The first kappa shape index (κ1) is 27.6. The molecule has 2 nitrogen and oxygen atoms in total. The van der Waals surface area contributed by atoms with Gasteiger partial charge in [0.1, 0.15) is 0 Å². The van der Waals surface area contributed by atoms with Gasteiger partial charge in [0, 0.05) is 0 Å². The first-order chi connectivity index (χ1) is 15.0. The zero-order chi connectivity index (χ0) is 24.1. The normalized spacial score (nSPS) is 21.8. The Kier molecular flexibility index (Phi) is 12.0. The van der Waals surface area contributed by atoms with Crippen molar-refractivity contribution in [3.05, 3.63) is 106 Å². The molecule has 2 N–H and O–H groups in total. The molecule has 0 radical (unpaired) electrons. The Morgan fingerprint density at radius 1 is 0.844 bits per heavy atom. The maximum absolute atomic E-state index is 10.0. The molecule has 0 saturated carbocycles. The molecule has 0 aliphatic heterocycles. The van der Waals surface area contributed by atoms with Crippen molar-refractivity contribution in [1.29, 1.82) is 0 Å². The summed E-state index contributed by atoms with van der Waals surface area (Å²) in [6, 6.07) is 0. The minimum absolute atomic E-state index is 0.0116. The molecule has 2 heteroatoms. The van der Waals surface area contributed by atoms with Gasteiger partial charge in [-0.2, -0.15) is 0 Å². The lowest BCUT2D eigenvalue weighted by atomic mass is 9.71. The molecule has 0 saturated heterocycles. The molecule has 0 fully saturated rings. The highest BCUT2D eigenvalue weighted by atomic mass is 16.3. The van der Waals surface area contributed by atoms with Gasteiger partial charge < -0.3 is 10.2 Å². The number of hydrogen-bond donors (Lipinski definition) is 2. The summed E-state index contributed by atoms with van der Waals surface area (Å²) in [6.45, 7) is 14.8. The smallest absolute Gasteiger partial charge is 0.0642 e. The van der Waals surface area contributed by atoms with E-state index in [1.165, 1.54) is 22.3 Å². The second-order valence-corrected chi connectivity index (χ2v) is 9.48. The first-order valence-electron chi connectivity index (χ1n) is 11.4. The summed E-state index contributed by atoms with van der Waals surface area (Å²) < 4.78 is 0. The van der Waals surface area contributed by atoms with E-state index in [9.17, 15) is 5.11 Å². The van der Waals surface area contributed by atoms with Crippen LogP contribution in [0.4, 0.5) is 0 Å². The minimum atomic E-state index is -0.223. The number of allylic oxidation sites excluding steroid dienone is 16. The summed E-state index contributed by atoms with van der Waals surface area (Å²) in [7, 11) is 0. The average molecular weight is 435 g/mol. The average Bonchev–Trinajstić information content (AvgIpc) is 2.69. The molecule has 1 rings (SSSR count). The lowest BCUT2D eigenvalue weighted by Crippen LogP contribution is -2.28. The van der Waals surface area contributed by atoms with Crippen molar-refractivity contribution >= 4 is 0 Å². The lowest BCUT2D eigenvalue weighted by Gasteiger charge is -2.35. The van der Waals surface area contributed by atoms with Crippen LogP contribution in [0.1, 0.15) is 61.3 Å². The maximum Gasteiger partial charge on any atom is 0.0642 e. The van der Waals surface area contributed by atoms with Gasteiger partial charge in [-0.15, -0.1) is 0 Å². The fraction of sp³-hybridized carbons (Fsp3) is 0.400. The van der Waals surface area contributed by atoms with Gasteiger partial charge in [0.2, 0.25) is 0 Å². The molecular formula is C30H42O2. The summed E-state index contributed by atoms with van der Waals surface area (Å²) in [5.74, 6) is 0. The van der Waals surface area contributed by atoms with E-state index in [1.807, 2.05) is 37.3 Å². The van der Waals surface area contributed by atoms with E-state index < -0.39 is 0 Å². The SMILES string of the molecule is CC1=C(/C=C/C(C)=C/C=C/C(C)=C/C=C/C=C(C)/C=C/C=C(\C)CO)C(C)(C)CC(O)C1. The van der Waals surface area contributed by atoms with Crippen molar-refractivity contribution < 1.29 is 10.2 Å². The van der Waals surface area contributed by atoms with Crippen molar-refractivity contribution in [2.24, 2.45) is 5.41 Å². The third-order valence-electron chi connectivity index (χ3n) is 5.53. The predicted octanol–water partition coefficient (Wildman–Crippen LogP) is 7.49. The Morgan fingerprint density at radius 3 is 1.88 bits per heavy atom. The van der Waals surface area contributed by atoms with E-state index in [-0.39, 0.29) is 18.1 Å². The predicted molar refractivity (Wildman–Crippen MR) is 140 cm³/mol. The van der Waals surface area contributed by atoms with E-state index in [0.717, 1.165) is 24.0 Å². The summed E-state index contributed by atoms with van der Waals surface area (Å²) in [5.41, 5.74) is 7.11. The summed E-state index contributed by atoms with van der Waals surface area (Å²) in [4.78, 5) is 0. The van der Waals surface area contributed by atoms with Crippen molar-refractivity contribution in [3.8, 4) is 0 Å². The zero-order valence-electron chi connectivity index (χ0n) is 21.0. The third kappa shape index (κ3) is 10.7. The second kappa shape index (κ2) is 13.9. The highest BCUT2D eigenvalue weighted by Crippen LogP contribution is 2.41. The molecule has 0 aromatic heterocycles. The summed E-state index contributed by atoms with van der Waals surface area (Å²) in [6.07, 6.45) is 26.2. The van der Waals surface area contributed by atoms with Crippen LogP contribution in [-0.2, 0) is 0 Å². The van der Waals surface area contributed by atoms with Gasteiger partial charge in [0.05, 0.1) is 12.7 Å². The molecule has 174 valence electrons. The third-order valence-corrected chi connectivity index (χ3v) is 5.53. The van der Waals surface area contributed by atoms with Crippen LogP contribution in [0.25, 0.3) is 0 Å². The van der Waals surface area contributed by atoms with Crippen molar-refractivity contribution in [2.75, 3.05) is 6.61 Å². The van der Waals surface area contributed by atoms with Crippen LogP contribution in [0.3, 0.4) is 0 Å². The monoisotopic (exact) mass is 434 g/mol. The Hall–Kier alpha value is -2.42. The molecule has 0 spiro atoms. The van der Waals surface area contributed by atoms with Crippen molar-refractivity contribution in [3.63, 3.8) is 0 Å². The molecule has 0 aromatic carbocycles. The number of aliphatic hydroxyl groups excluding tert-OH is 2. The molecule has 0 heterocycles. The van der Waals surface area contributed by atoms with E-state index in [1.54, 1.807) is 0 Å². The van der Waals surface area contributed by atoms with Crippen molar-refractivity contribution in [1.82, 2.24) is 0 Å². The van der Waals surface area contributed by atoms with Crippen LogP contribution in [0.5, 0.6) is 0 Å². The topological polar surface area (TPSA) is 40.5 Å². The quantitative estimate of drug-likeness (QED) is 0.369. The standard InChI is InChI=1S/C30H42O2/c1-23(12-8-9-13-24(2)15-11-17-26(4)22-31)14-10-16-25(3)18-19-29-27(5)20-28(32)21-30(29,6)7/h8-19,28,31-32H,20-22H2,1-7H3/b9-8+,14-10+,15-11+,19-18+,23-12+,24-13+,25-16+,26-17+. The number of hydrogen-bond acceptors (Lipinski definition) is 2.